The SMILES string of the molecule is Cc1cc(NC(=O)CN(c2ccccc2C)S(C)(=O)=O)ccc1Br. The second-order valence-electron chi connectivity index (χ2n) is 5.57. The number of amides is 1. The molecule has 0 heterocycles. The Morgan fingerprint density at radius 1 is 1.12 bits per heavy atom. The van der Waals surface area contributed by atoms with Gasteiger partial charge in [-0.3, -0.25) is 9.10 Å². The van der Waals surface area contributed by atoms with Crippen molar-refractivity contribution < 1.29 is 13.2 Å². The molecule has 7 heteroatoms. The molecule has 128 valence electrons. The highest BCUT2D eigenvalue weighted by Gasteiger charge is 2.22. The van der Waals surface area contributed by atoms with Crippen LogP contribution < -0.4 is 9.62 Å². The summed E-state index contributed by atoms with van der Waals surface area (Å²) in [5.74, 6) is -0.398. The Labute approximate surface area is 150 Å². The molecule has 0 saturated carbocycles. The Morgan fingerprint density at radius 2 is 1.79 bits per heavy atom. The Balaban J connectivity index is 2.22. The lowest BCUT2D eigenvalue weighted by Crippen LogP contribution is -2.37. The van der Waals surface area contributed by atoms with Gasteiger partial charge in [-0.2, -0.15) is 0 Å². The summed E-state index contributed by atoms with van der Waals surface area (Å²) in [6.07, 6.45) is 1.09. The van der Waals surface area contributed by atoms with E-state index < -0.39 is 15.9 Å². The molecule has 1 N–H and O–H groups in total. The summed E-state index contributed by atoms with van der Waals surface area (Å²) < 4.78 is 26.3. The molecule has 1 amide bonds. The van der Waals surface area contributed by atoms with Crippen molar-refractivity contribution in [3.05, 3.63) is 58.1 Å². The van der Waals surface area contributed by atoms with E-state index in [1.54, 1.807) is 18.2 Å². The molecule has 5 nitrogen and oxygen atoms in total. The van der Waals surface area contributed by atoms with E-state index in [4.69, 9.17) is 0 Å². The molecule has 0 radical (unpaired) electrons. The van der Waals surface area contributed by atoms with Gasteiger partial charge in [0.05, 0.1) is 11.9 Å². The lowest BCUT2D eigenvalue weighted by Gasteiger charge is -2.23. The van der Waals surface area contributed by atoms with Crippen molar-refractivity contribution in [2.45, 2.75) is 13.8 Å². The monoisotopic (exact) mass is 410 g/mol. The fourth-order valence-corrected chi connectivity index (χ4v) is 3.44. The Hall–Kier alpha value is -1.86. The minimum absolute atomic E-state index is 0.279. The fourth-order valence-electron chi connectivity index (χ4n) is 2.28. The highest BCUT2D eigenvalue weighted by atomic mass is 79.9. The zero-order valence-corrected chi connectivity index (χ0v) is 16.1. The Kier molecular flexibility index (Phi) is 5.66. The number of anilines is 2. The van der Waals surface area contributed by atoms with Gasteiger partial charge in [0.15, 0.2) is 0 Å². The zero-order chi connectivity index (χ0) is 17.9. The maximum atomic E-state index is 12.3. The summed E-state index contributed by atoms with van der Waals surface area (Å²) in [5, 5.41) is 2.74. The van der Waals surface area contributed by atoms with Gasteiger partial charge >= 0.3 is 0 Å². The molecule has 0 fully saturated rings. The lowest BCUT2D eigenvalue weighted by molar-refractivity contribution is -0.114. The molecule has 2 aromatic rings. The molecule has 0 aliphatic rings. The molecule has 0 aliphatic carbocycles. The minimum Gasteiger partial charge on any atom is -0.325 e. The van der Waals surface area contributed by atoms with Crippen LogP contribution in [0.25, 0.3) is 0 Å². The van der Waals surface area contributed by atoms with Crippen molar-refractivity contribution >= 4 is 43.2 Å². The molecular weight excluding hydrogens is 392 g/mol. The second kappa shape index (κ2) is 7.36. The van der Waals surface area contributed by atoms with Crippen LogP contribution in [0.15, 0.2) is 46.9 Å². The van der Waals surface area contributed by atoms with Crippen molar-refractivity contribution in [1.29, 1.82) is 0 Å². The predicted octanol–water partition coefficient (Wildman–Crippen LogP) is 3.47. The summed E-state index contributed by atoms with van der Waals surface area (Å²) in [6, 6.07) is 12.5. The topological polar surface area (TPSA) is 66.5 Å². The largest absolute Gasteiger partial charge is 0.325 e. The minimum atomic E-state index is -3.58. The van der Waals surface area contributed by atoms with Crippen molar-refractivity contribution in [2.24, 2.45) is 0 Å². The Morgan fingerprint density at radius 3 is 2.38 bits per heavy atom. The van der Waals surface area contributed by atoms with E-state index in [0.29, 0.717) is 11.4 Å². The number of sulfonamides is 1. The van der Waals surface area contributed by atoms with Crippen LogP contribution in [-0.4, -0.2) is 27.1 Å². The number of carbonyl (C=O) groups excluding carboxylic acids is 1. The van der Waals surface area contributed by atoms with Gasteiger partial charge in [0.1, 0.15) is 6.54 Å². The number of nitrogens with zero attached hydrogens (tertiary/aromatic N) is 1. The van der Waals surface area contributed by atoms with Crippen LogP contribution in [0.2, 0.25) is 0 Å². The Bertz CT molecular complexity index is 866. The number of para-hydroxylation sites is 1. The third-order valence-electron chi connectivity index (χ3n) is 3.51. The number of hydrogen-bond donors (Lipinski definition) is 1. The van der Waals surface area contributed by atoms with Crippen LogP contribution in [0.1, 0.15) is 11.1 Å². The van der Waals surface area contributed by atoms with Crippen molar-refractivity contribution in [3.8, 4) is 0 Å². The fraction of sp³-hybridized carbons (Fsp3) is 0.235. The molecule has 0 unspecified atom stereocenters. The van der Waals surface area contributed by atoms with Crippen LogP contribution in [0.5, 0.6) is 0 Å². The van der Waals surface area contributed by atoms with Gasteiger partial charge in [0, 0.05) is 10.2 Å². The molecule has 0 atom stereocenters. The van der Waals surface area contributed by atoms with E-state index in [1.165, 1.54) is 0 Å². The molecule has 0 aromatic heterocycles. The first-order valence-corrected chi connectivity index (χ1v) is 9.92. The van der Waals surface area contributed by atoms with E-state index in [2.05, 4.69) is 21.2 Å². The molecule has 0 bridgehead atoms. The highest BCUT2D eigenvalue weighted by molar-refractivity contribution is 9.10. The van der Waals surface area contributed by atoms with Gasteiger partial charge in [-0.15, -0.1) is 0 Å². The van der Waals surface area contributed by atoms with Crippen LogP contribution in [0, 0.1) is 13.8 Å². The maximum absolute atomic E-state index is 12.3. The van der Waals surface area contributed by atoms with Gasteiger partial charge in [-0.1, -0.05) is 34.1 Å². The van der Waals surface area contributed by atoms with Gasteiger partial charge in [0.25, 0.3) is 0 Å². The number of benzene rings is 2. The predicted molar refractivity (Wildman–Crippen MR) is 101 cm³/mol. The van der Waals surface area contributed by atoms with Crippen molar-refractivity contribution in [1.82, 2.24) is 0 Å². The van der Waals surface area contributed by atoms with Gasteiger partial charge in [0.2, 0.25) is 15.9 Å². The summed E-state index contributed by atoms with van der Waals surface area (Å²) in [7, 11) is -3.58. The molecule has 24 heavy (non-hydrogen) atoms. The van der Waals surface area contributed by atoms with E-state index in [-0.39, 0.29) is 6.54 Å². The number of halogens is 1. The first-order chi connectivity index (χ1) is 11.2. The average molecular weight is 411 g/mol. The number of rotatable bonds is 5. The molecular formula is C17H19BrN2O3S. The van der Waals surface area contributed by atoms with Crippen LogP contribution >= 0.6 is 15.9 Å². The van der Waals surface area contributed by atoms with Crippen LogP contribution in [0.4, 0.5) is 11.4 Å². The summed E-state index contributed by atoms with van der Waals surface area (Å²) in [4.78, 5) is 12.3. The summed E-state index contributed by atoms with van der Waals surface area (Å²) in [5.41, 5.74) is 2.89. The maximum Gasteiger partial charge on any atom is 0.245 e. The molecule has 0 aliphatic heterocycles. The van der Waals surface area contributed by atoms with Gasteiger partial charge in [-0.25, -0.2) is 8.42 Å². The average Bonchev–Trinajstić information content (AvgIpc) is 2.48. The van der Waals surface area contributed by atoms with Crippen LogP contribution in [-0.2, 0) is 14.8 Å². The smallest absolute Gasteiger partial charge is 0.245 e. The molecule has 0 spiro atoms. The van der Waals surface area contributed by atoms with Crippen LogP contribution in [0.3, 0.4) is 0 Å². The highest BCUT2D eigenvalue weighted by Crippen LogP contribution is 2.23. The van der Waals surface area contributed by atoms with E-state index in [9.17, 15) is 13.2 Å². The zero-order valence-electron chi connectivity index (χ0n) is 13.7. The first-order valence-electron chi connectivity index (χ1n) is 7.28. The number of hydrogen-bond acceptors (Lipinski definition) is 3. The number of carbonyl (C=O) groups is 1. The van der Waals surface area contributed by atoms with E-state index in [0.717, 1.165) is 26.2 Å². The van der Waals surface area contributed by atoms with Crippen molar-refractivity contribution in [3.63, 3.8) is 0 Å². The molecule has 0 saturated heterocycles. The van der Waals surface area contributed by atoms with Crippen molar-refractivity contribution in [2.75, 3.05) is 22.4 Å². The third-order valence-corrected chi connectivity index (χ3v) is 5.53. The van der Waals surface area contributed by atoms with E-state index >= 15 is 0 Å². The third kappa shape index (κ3) is 4.58. The summed E-state index contributed by atoms with van der Waals surface area (Å²) >= 11 is 3.40. The van der Waals surface area contributed by atoms with Gasteiger partial charge in [-0.05, 0) is 49.2 Å². The standard InChI is InChI=1S/C17H19BrN2O3S/c1-12-6-4-5-7-16(12)20(24(3,22)23)11-17(21)19-14-8-9-15(18)13(2)10-14/h4-10H,11H2,1-3H3,(H,19,21). The number of nitrogens with one attached hydrogen (secondary N) is 1. The second-order valence-corrected chi connectivity index (χ2v) is 8.33. The molecule has 2 aromatic carbocycles. The lowest BCUT2D eigenvalue weighted by atomic mass is 10.2. The number of aryl methyl sites for hydroxylation is 2. The summed E-state index contributed by atoms with van der Waals surface area (Å²) in [6.45, 7) is 3.44. The quantitative estimate of drug-likeness (QED) is 0.820. The van der Waals surface area contributed by atoms with Gasteiger partial charge < -0.3 is 5.32 Å². The normalized spacial score (nSPS) is 11.2. The molecule has 2 rings (SSSR count). The van der Waals surface area contributed by atoms with E-state index in [1.807, 2.05) is 38.1 Å². The first kappa shape index (κ1) is 18.5.